The lowest BCUT2D eigenvalue weighted by Crippen LogP contribution is -2.55. The molecule has 1 unspecified atom stereocenters. The van der Waals surface area contributed by atoms with Crippen molar-refractivity contribution in [2.24, 2.45) is 0 Å². The molecule has 3 aromatic carbocycles. The van der Waals surface area contributed by atoms with Crippen LogP contribution in [0.2, 0.25) is 0 Å². The molecule has 222 valence electrons. The van der Waals surface area contributed by atoms with Crippen molar-refractivity contribution in [2.45, 2.75) is 31.0 Å². The molecule has 5 rings (SSSR count). The molecule has 1 atom stereocenters. The molecule has 1 aliphatic rings. The number of thioether (sulfide) groups is 1. The van der Waals surface area contributed by atoms with E-state index in [2.05, 4.69) is 10.2 Å². The number of non-ortho nitro benzene ring substituents is 1. The molecule has 1 aromatic heterocycles. The predicted octanol–water partition coefficient (Wildman–Crippen LogP) is 5.10. The average molecular weight is 601 g/mol. The zero-order valence-corrected chi connectivity index (χ0v) is 24.8. The monoisotopic (exact) mass is 600 g/mol. The van der Waals surface area contributed by atoms with Crippen LogP contribution < -0.4 is 4.74 Å². The van der Waals surface area contributed by atoms with Gasteiger partial charge in [0, 0.05) is 61.1 Å². The second-order valence-electron chi connectivity index (χ2n) is 10.1. The number of amides is 2. The van der Waals surface area contributed by atoms with Gasteiger partial charge < -0.3 is 14.5 Å². The molecule has 0 saturated carbocycles. The Morgan fingerprint density at radius 3 is 2.42 bits per heavy atom. The number of nitro benzene ring substituents is 1. The van der Waals surface area contributed by atoms with Crippen molar-refractivity contribution >= 4 is 29.3 Å². The Labute approximate surface area is 253 Å². The predicted molar refractivity (Wildman–Crippen MR) is 163 cm³/mol. The van der Waals surface area contributed by atoms with Crippen LogP contribution in [0.4, 0.5) is 5.69 Å². The van der Waals surface area contributed by atoms with Gasteiger partial charge in [0.25, 0.3) is 11.6 Å². The minimum Gasteiger partial charge on any atom is -0.495 e. The molecule has 0 aliphatic carbocycles. The van der Waals surface area contributed by atoms with Gasteiger partial charge in [-0.1, -0.05) is 54.2 Å². The van der Waals surface area contributed by atoms with E-state index in [0.29, 0.717) is 60.5 Å². The third-order valence-electron chi connectivity index (χ3n) is 7.32. The molecular weight excluding hydrogens is 568 g/mol. The lowest BCUT2D eigenvalue weighted by atomic mass is 10.1. The number of carbonyl (C=O) groups is 2. The Bertz CT molecular complexity index is 1590. The van der Waals surface area contributed by atoms with Gasteiger partial charge >= 0.3 is 0 Å². The number of hydrogen-bond acceptors (Lipinski definition) is 8. The van der Waals surface area contributed by atoms with Crippen molar-refractivity contribution in [3.8, 4) is 22.8 Å². The van der Waals surface area contributed by atoms with Crippen LogP contribution in [0.5, 0.6) is 5.75 Å². The molecule has 2 heterocycles. The summed E-state index contributed by atoms with van der Waals surface area (Å²) >= 11 is 1.54. The highest BCUT2D eigenvalue weighted by atomic mass is 32.2. The van der Waals surface area contributed by atoms with Crippen LogP contribution in [-0.4, -0.2) is 79.8 Å². The molecule has 11 nitrogen and oxygen atoms in total. The highest BCUT2D eigenvalue weighted by Crippen LogP contribution is 2.32. The highest BCUT2D eigenvalue weighted by molar-refractivity contribution is 7.99. The van der Waals surface area contributed by atoms with Crippen LogP contribution in [0.1, 0.15) is 30.1 Å². The third kappa shape index (κ3) is 6.69. The van der Waals surface area contributed by atoms with Gasteiger partial charge in [0.1, 0.15) is 5.75 Å². The topological polar surface area (TPSA) is 124 Å². The number of nitrogens with zero attached hydrogens (tertiary/aromatic N) is 6. The number of aromatic nitrogens is 3. The standard InChI is InChI=1S/C31H32N6O5S/c1-22-21-34(18-19-35(22)30(39)24-14-16-25(17-15-24)37(40)41)28(38)13-8-20-43-31-33-32-29(23-9-4-3-5-10-23)36(31)26-11-6-7-12-27(26)42-2/h3-7,9-12,14-17,22H,8,13,18-21H2,1-2H3. The SMILES string of the molecule is COc1ccccc1-n1c(SCCCC(=O)N2CCN(C(=O)c3ccc([N+](=O)[O-])cc3)C(C)C2)nnc1-c1ccccc1. The van der Waals surface area contributed by atoms with Crippen molar-refractivity contribution in [3.63, 3.8) is 0 Å². The van der Waals surface area contributed by atoms with Gasteiger partial charge in [-0.25, -0.2) is 0 Å². The Morgan fingerprint density at radius 2 is 1.72 bits per heavy atom. The molecule has 43 heavy (non-hydrogen) atoms. The zero-order valence-electron chi connectivity index (χ0n) is 24.0. The summed E-state index contributed by atoms with van der Waals surface area (Å²) in [5.41, 5.74) is 2.10. The largest absolute Gasteiger partial charge is 0.495 e. The molecular formula is C31H32N6O5S. The summed E-state index contributed by atoms with van der Waals surface area (Å²) in [6, 6.07) is 23.0. The lowest BCUT2D eigenvalue weighted by molar-refractivity contribution is -0.384. The fourth-order valence-corrected chi connectivity index (χ4v) is 5.98. The van der Waals surface area contributed by atoms with Crippen molar-refractivity contribution < 1.29 is 19.2 Å². The molecule has 1 aliphatic heterocycles. The second-order valence-corrected chi connectivity index (χ2v) is 11.2. The molecule has 1 fully saturated rings. The van der Waals surface area contributed by atoms with E-state index in [1.165, 1.54) is 36.0 Å². The maximum Gasteiger partial charge on any atom is 0.269 e. The molecule has 4 aromatic rings. The first kappa shape index (κ1) is 29.8. The van der Waals surface area contributed by atoms with E-state index in [0.717, 1.165) is 11.3 Å². The van der Waals surface area contributed by atoms with Crippen LogP contribution in [0.3, 0.4) is 0 Å². The summed E-state index contributed by atoms with van der Waals surface area (Å²) in [6.07, 6.45) is 1.03. The van der Waals surface area contributed by atoms with E-state index < -0.39 is 4.92 Å². The molecule has 12 heteroatoms. The number of piperazine rings is 1. The number of nitro groups is 1. The number of para-hydroxylation sites is 2. The van der Waals surface area contributed by atoms with Crippen molar-refractivity contribution in [1.82, 2.24) is 24.6 Å². The van der Waals surface area contributed by atoms with Gasteiger partial charge in [-0.05, 0) is 37.6 Å². The summed E-state index contributed by atoms with van der Waals surface area (Å²) < 4.78 is 7.61. The maximum atomic E-state index is 13.1. The van der Waals surface area contributed by atoms with E-state index in [1.54, 1.807) is 16.9 Å². The van der Waals surface area contributed by atoms with Gasteiger partial charge in [-0.3, -0.25) is 24.3 Å². The fourth-order valence-electron chi connectivity index (χ4n) is 5.09. The van der Waals surface area contributed by atoms with Gasteiger partial charge in [-0.15, -0.1) is 10.2 Å². The maximum absolute atomic E-state index is 13.1. The van der Waals surface area contributed by atoms with E-state index in [-0.39, 0.29) is 23.5 Å². The first-order valence-corrected chi connectivity index (χ1v) is 15.0. The van der Waals surface area contributed by atoms with Crippen LogP contribution in [0.15, 0.2) is 84.0 Å². The van der Waals surface area contributed by atoms with E-state index >= 15 is 0 Å². The molecule has 0 spiro atoms. The fraction of sp³-hybridized carbons (Fsp3) is 0.290. The summed E-state index contributed by atoms with van der Waals surface area (Å²) in [7, 11) is 1.63. The van der Waals surface area contributed by atoms with Crippen LogP contribution >= 0.6 is 11.8 Å². The smallest absolute Gasteiger partial charge is 0.269 e. The molecule has 0 bridgehead atoms. The number of benzene rings is 3. The Morgan fingerprint density at radius 1 is 1.00 bits per heavy atom. The van der Waals surface area contributed by atoms with Gasteiger partial charge in [0.2, 0.25) is 5.91 Å². The van der Waals surface area contributed by atoms with Gasteiger partial charge in [-0.2, -0.15) is 0 Å². The first-order chi connectivity index (χ1) is 20.9. The number of carbonyl (C=O) groups excluding carboxylic acids is 2. The summed E-state index contributed by atoms with van der Waals surface area (Å²) in [4.78, 5) is 40.0. The molecule has 0 radical (unpaired) electrons. The summed E-state index contributed by atoms with van der Waals surface area (Å²) in [6.45, 7) is 3.19. The number of hydrogen-bond donors (Lipinski definition) is 0. The number of rotatable bonds is 10. The van der Waals surface area contributed by atoms with Crippen LogP contribution in [0.25, 0.3) is 17.1 Å². The van der Waals surface area contributed by atoms with Gasteiger partial charge in [0.15, 0.2) is 11.0 Å². The summed E-state index contributed by atoms with van der Waals surface area (Å²) in [5.74, 6) is 1.93. The first-order valence-electron chi connectivity index (χ1n) is 14.0. The third-order valence-corrected chi connectivity index (χ3v) is 8.34. The average Bonchev–Trinajstić information content (AvgIpc) is 3.46. The number of ether oxygens (including phenoxy) is 1. The molecule has 0 N–H and O–H groups in total. The highest BCUT2D eigenvalue weighted by Gasteiger charge is 2.30. The van der Waals surface area contributed by atoms with Crippen molar-refractivity contribution in [2.75, 3.05) is 32.5 Å². The minimum absolute atomic E-state index is 0.0473. The van der Waals surface area contributed by atoms with E-state index in [4.69, 9.17) is 4.74 Å². The van der Waals surface area contributed by atoms with Crippen molar-refractivity contribution in [1.29, 1.82) is 0 Å². The Hall–Kier alpha value is -4.71. The molecule has 2 amide bonds. The Balaban J connectivity index is 1.18. The Kier molecular flexibility index (Phi) is 9.35. The molecule has 1 saturated heterocycles. The number of methoxy groups -OCH3 is 1. The van der Waals surface area contributed by atoms with Crippen LogP contribution in [0, 0.1) is 10.1 Å². The quantitative estimate of drug-likeness (QED) is 0.107. The zero-order chi connectivity index (χ0) is 30.3. The second kappa shape index (κ2) is 13.5. The normalized spacial score (nSPS) is 14.9. The minimum atomic E-state index is -0.493. The van der Waals surface area contributed by atoms with Crippen LogP contribution in [-0.2, 0) is 4.79 Å². The van der Waals surface area contributed by atoms with Crippen molar-refractivity contribution in [3.05, 3.63) is 94.5 Å². The van der Waals surface area contributed by atoms with E-state index in [9.17, 15) is 19.7 Å². The lowest BCUT2D eigenvalue weighted by Gasteiger charge is -2.40. The van der Waals surface area contributed by atoms with E-state index in [1.807, 2.05) is 66.1 Å². The van der Waals surface area contributed by atoms with Gasteiger partial charge in [0.05, 0.1) is 17.7 Å². The summed E-state index contributed by atoms with van der Waals surface area (Å²) in [5, 5.41) is 20.6.